The number of hydrogen-bond donors (Lipinski definition) is 1. The van der Waals surface area contributed by atoms with E-state index in [2.05, 4.69) is 35.9 Å². The number of allylic oxidation sites excluding steroid dienone is 1. The summed E-state index contributed by atoms with van der Waals surface area (Å²) in [6, 6.07) is 14.6. The minimum atomic E-state index is -0.193. The molecule has 0 aliphatic rings. The molecule has 0 saturated heterocycles. The molecule has 7 nitrogen and oxygen atoms in total. The first kappa shape index (κ1) is 24.3. The van der Waals surface area contributed by atoms with Gasteiger partial charge in [-0.3, -0.25) is 14.2 Å². The number of anilines is 1. The largest absolute Gasteiger partial charge is 0.493 e. The van der Waals surface area contributed by atoms with Crippen molar-refractivity contribution in [2.45, 2.75) is 32.5 Å². The quantitative estimate of drug-likeness (QED) is 0.241. The normalized spacial score (nSPS) is 10.8. The summed E-state index contributed by atoms with van der Waals surface area (Å²) >= 11 is 1.29. The minimum absolute atomic E-state index is 0.0509. The Hall–Kier alpha value is -3.39. The number of amides is 1. The predicted molar refractivity (Wildman–Crippen MR) is 132 cm³/mol. The molecule has 1 amide bonds. The Labute approximate surface area is 198 Å². The van der Waals surface area contributed by atoms with Crippen molar-refractivity contribution in [2.24, 2.45) is 5.92 Å². The Balaban J connectivity index is 1.68. The Bertz CT molecular complexity index is 1120. The predicted octanol–water partition coefficient (Wildman–Crippen LogP) is 5.10. The first-order valence-corrected chi connectivity index (χ1v) is 11.7. The van der Waals surface area contributed by atoms with Gasteiger partial charge in [0.25, 0.3) is 0 Å². The molecule has 0 spiro atoms. The van der Waals surface area contributed by atoms with Gasteiger partial charge in [0, 0.05) is 23.4 Å². The number of carbonyl (C=O) groups is 2. The Kier molecular flexibility index (Phi) is 8.43. The number of Topliss-reactive ketones (excluding diaryl/α,β-unsaturated/α-hetero) is 1. The van der Waals surface area contributed by atoms with Crippen molar-refractivity contribution in [3.63, 3.8) is 0 Å². The van der Waals surface area contributed by atoms with Gasteiger partial charge in [0.15, 0.2) is 16.8 Å². The molecule has 1 N–H and O–H groups in total. The molecule has 2 aromatic carbocycles. The third-order valence-corrected chi connectivity index (χ3v) is 5.58. The molecule has 0 unspecified atom stereocenters. The van der Waals surface area contributed by atoms with E-state index in [1.54, 1.807) is 30.3 Å². The summed E-state index contributed by atoms with van der Waals surface area (Å²) < 4.78 is 7.67. The van der Waals surface area contributed by atoms with Gasteiger partial charge in [0.2, 0.25) is 5.91 Å². The highest BCUT2D eigenvalue weighted by atomic mass is 32.2. The lowest BCUT2D eigenvalue weighted by Gasteiger charge is -2.10. The van der Waals surface area contributed by atoms with Gasteiger partial charge in [-0.05, 0) is 49.2 Å². The van der Waals surface area contributed by atoms with Gasteiger partial charge in [0.05, 0.1) is 12.4 Å². The molecular weight excluding hydrogens is 436 g/mol. The van der Waals surface area contributed by atoms with Crippen LogP contribution in [0.1, 0.15) is 31.1 Å². The minimum Gasteiger partial charge on any atom is -0.493 e. The molecule has 0 aliphatic carbocycles. The fraction of sp³-hybridized carbons (Fsp3) is 0.280. The van der Waals surface area contributed by atoms with E-state index in [0.29, 0.717) is 41.3 Å². The number of nitrogens with zero attached hydrogens (tertiary/aromatic N) is 3. The fourth-order valence-corrected chi connectivity index (χ4v) is 3.76. The van der Waals surface area contributed by atoms with Crippen molar-refractivity contribution in [3.8, 4) is 17.1 Å². The van der Waals surface area contributed by atoms with Crippen LogP contribution >= 0.6 is 11.8 Å². The van der Waals surface area contributed by atoms with Crippen LogP contribution in [0.25, 0.3) is 11.4 Å². The maximum atomic E-state index is 12.5. The second kappa shape index (κ2) is 11.5. The summed E-state index contributed by atoms with van der Waals surface area (Å²) in [5.74, 6) is 1.87. The van der Waals surface area contributed by atoms with E-state index in [1.165, 1.54) is 18.7 Å². The molecule has 0 aliphatic heterocycles. The van der Waals surface area contributed by atoms with E-state index >= 15 is 0 Å². The smallest absolute Gasteiger partial charge is 0.234 e. The summed E-state index contributed by atoms with van der Waals surface area (Å²) in [5, 5.41) is 12.1. The number of rotatable bonds is 11. The second-order valence-corrected chi connectivity index (χ2v) is 8.85. The molecule has 33 heavy (non-hydrogen) atoms. The van der Waals surface area contributed by atoms with E-state index < -0.39 is 0 Å². The first-order valence-electron chi connectivity index (χ1n) is 10.7. The van der Waals surface area contributed by atoms with Crippen molar-refractivity contribution in [3.05, 3.63) is 66.7 Å². The van der Waals surface area contributed by atoms with Crippen LogP contribution < -0.4 is 10.1 Å². The molecule has 8 heteroatoms. The lowest BCUT2D eigenvalue weighted by Crippen LogP contribution is -2.15. The SMILES string of the molecule is C=CCn1c(SCC(=O)Nc2cccc(C(C)=O)c2)nnc1-c1ccc(OCC(C)C)cc1. The zero-order chi connectivity index (χ0) is 23.8. The van der Waals surface area contributed by atoms with E-state index in [0.717, 1.165) is 11.3 Å². The molecule has 0 fully saturated rings. The third-order valence-electron chi connectivity index (χ3n) is 4.61. The number of aromatic nitrogens is 3. The number of hydrogen-bond acceptors (Lipinski definition) is 6. The molecule has 0 bridgehead atoms. The van der Waals surface area contributed by atoms with Gasteiger partial charge in [-0.25, -0.2) is 0 Å². The molecule has 0 saturated carbocycles. The van der Waals surface area contributed by atoms with Crippen LogP contribution in [-0.4, -0.2) is 38.8 Å². The number of ketones is 1. The van der Waals surface area contributed by atoms with Crippen molar-refractivity contribution in [1.29, 1.82) is 0 Å². The molecular formula is C25H28N4O3S. The standard InChI is InChI=1S/C25H28N4O3S/c1-5-13-29-24(19-9-11-22(12-10-19)32-15-17(2)3)27-28-25(29)33-16-23(31)26-21-8-6-7-20(14-21)18(4)30/h5-12,14,17H,1,13,15-16H2,2-4H3,(H,26,31). The van der Waals surface area contributed by atoms with Crippen LogP contribution in [0, 0.1) is 5.92 Å². The average Bonchev–Trinajstić information content (AvgIpc) is 3.19. The number of thioether (sulfide) groups is 1. The first-order chi connectivity index (χ1) is 15.9. The molecule has 1 heterocycles. The molecule has 3 rings (SSSR count). The van der Waals surface area contributed by atoms with Crippen LogP contribution in [0.15, 0.2) is 66.3 Å². The lowest BCUT2D eigenvalue weighted by atomic mass is 10.1. The Morgan fingerprint density at radius 1 is 1.18 bits per heavy atom. The summed E-state index contributed by atoms with van der Waals surface area (Å²) in [6.45, 7) is 10.7. The van der Waals surface area contributed by atoms with Gasteiger partial charge in [0.1, 0.15) is 5.75 Å². The van der Waals surface area contributed by atoms with Gasteiger partial charge >= 0.3 is 0 Å². The maximum Gasteiger partial charge on any atom is 0.234 e. The van der Waals surface area contributed by atoms with Gasteiger partial charge in [-0.2, -0.15) is 0 Å². The zero-order valence-electron chi connectivity index (χ0n) is 19.1. The van der Waals surface area contributed by atoms with Gasteiger partial charge in [-0.15, -0.1) is 16.8 Å². The van der Waals surface area contributed by atoms with E-state index in [4.69, 9.17) is 4.74 Å². The number of benzene rings is 2. The summed E-state index contributed by atoms with van der Waals surface area (Å²) in [5.41, 5.74) is 2.04. The van der Waals surface area contributed by atoms with Crippen molar-refractivity contribution < 1.29 is 14.3 Å². The summed E-state index contributed by atoms with van der Waals surface area (Å²) in [7, 11) is 0. The summed E-state index contributed by atoms with van der Waals surface area (Å²) in [4.78, 5) is 24.0. The van der Waals surface area contributed by atoms with E-state index in [9.17, 15) is 9.59 Å². The number of carbonyl (C=O) groups excluding carboxylic acids is 2. The Morgan fingerprint density at radius 3 is 2.61 bits per heavy atom. The summed E-state index contributed by atoms with van der Waals surface area (Å²) in [6.07, 6.45) is 1.77. The number of ether oxygens (including phenoxy) is 1. The zero-order valence-corrected chi connectivity index (χ0v) is 19.9. The van der Waals surface area contributed by atoms with Crippen molar-refractivity contribution in [2.75, 3.05) is 17.7 Å². The molecule has 3 aromatic rings. The third kappa shape index (κ3) is 6.79. The number of nitrogens with one attached hydrogen (secondary N) is 1. The van der Waals surface area contributed by atoms with Crippen LogP contribution in [-0.2, 0) is 11.3 Å². The second-order valence-electron chi connectivity index (χ2n) is 7.91. The molecule has 1 aromatic heterocycles. The van der Waals surface area contributed by atoms with Crippen LogP contribution in [0.5, 0.6) is 5.75 Å². The van der Waals surface area contributed by atoms with Crippen LogP contribution in [0.2, 0.25) is 0 Å². The lowest BCUT2D eigenvalue weighted by molar-refractivity contribution is -0.113. The van der Waals surface area contributed by atoms with Gasteiger partial charge in [-0.1, -0.05) is 43.8 Å². The fourth-order valence-electron chi connectivity index (χ4n) is 3.01. The average molecular weight is 465 g/mol. The van der Waals surface area contributed by atoms with Gasteiger partial charge < -0.3 is 10.1 Å². The van der Waals surface area contributed by atoms with E-state index in [-0.39, 0.29) is 17.4 Å². The molecule has 0 atom stereocenters. The molecule has 172 valence electrons. The van der Waals surface area contributed by atoms with Crippen LogP contribution in [0.3, 0.4) is 0 Å². The monoisotopic (exact) mass is 464 g/mol. The Morgan fingerprint density at radius 2 is 1.94 bits per heavy atom. The highest BCUT2D eigenvalue weighted by Crippen LogP contribution is 2.26. The maximum absolute atomic E-state index is 12.5. The highest BCUT2D eigenvalue weighted by molar-refractivity contribution is 7.99. The highest BCUT2D eigenvalue weighted by Gasteiger charge is 2.15. The van der Waals surface area contributed by atoms with Crippen molar-refractivity contribution in [1.82, 2.24) is 14.8 Å². The molecule has 0 radical (unpaired) electrons. The van der Waals surface area contributed by atoms with Crippen molar-refractivity contribution >= 4 is 29.1 Å². The topological polar surface area (TPSA) is 86.1 Å². The van der Waals surface area contributed by atoms with E-state index in [1.807, 2.05) is 28.8 Å². The van der Waals surface area contributed by atoms with Crippen LogP contribution in [0.4, 0.5) is 5.69 Å².